The molecule has 156 valence electrons. The highest BCUT2D eigenvalue weighted by Crippen LogP contribution is 2.41. The summed E-state index contributed by atoms with van der Waals surface area (Å²) in [7, 11) is 0. The molecule has 5 rings (SSSR count). The number of aromatic nitrogens is 3. The first kappa shape index (κ1) is 19.8. The third kappa shape index (κ3) is 4.30. The Bertz CT molecular complexity index is 1130. The fraction of sp³-hybridized carbons (Fsp3) is 0.455. The molecular formula is C22H24N4O2S2. The third-order valence-electron chi connectivity index (χ3n) is 5.74. The molecule has 2 fully saturated rings. The van der Waals surface area contributed by atoms with E-state index in [0.717, 1.165) is 59.8 Å². The average Bonchev–Trinajstić information content (AvgIpc) is 3.53. The van der Waals surface area contributed by atoms with Gasteiger partial charge >= 0.3 is 0 Å². The van der Waals surface area contributed by atoms with Crippen molar-refractivity contribution in [2.24, 2.45) is 5.92 Å². The van der Waals surface area contributed by atoms with Crippen LogP contribution in [0.5, 0.6) is 0 Å². The zero-order valence-electron chi connectivity index (χ0n) is 16.7. The second kappa shape index (κ2) is 8.51. The summed E-state index contributed by atoms with van der Waals surface area (Å²) in [6.07, 6.45) is 7.77. The lowest BCUT2D eigenvalue weighted by Crippen LogP contribution is -2.24. The van der Waals surface area contributed by atoms with Crippen LogP contribution in [0, 0.1) is 5.92 Å². The van der Waals surface area contributed by atoms with Gasteiger partial charge in [0.2, 0.25) is 10.9 Å². The van der Waals surface area contributed by atoms with Crippen LogP contribution in [0.1, 0.15) is 61.6 Å². The molecule has 2 aliphatic carbocycles. The van der Waals surface area contributed by atoms with Gasteiger partial charge in [-0.05, 0) is 37.8 Å². The van der Waals surface area contributed by atoms with Gasteiger partial charge in [-0.2, -0.15) is 9.61 Å². The molecule has 2 heterocycles. The first-order chi connectivity index (χ1) is 14.7. The highest BCUT2D eigenvalue weighted by Gasteiger charge is 2.28. The van der Waals surface area contributed by atoms with E-state index >= 15 is 0 Å². The van der Waals surface area contributed by atoms with E-state index in [0.29, 0.717) is 16.6 Å². The number of benzene rings is 1. The lowest BCUT2D eigenvalue weighted by atomic mass is 9.88. The van der Waals surface area contributed by atoms with Gasteiger partial charge in [-0.15, -0.1) is 11.8 Å². The van der Waals surface area contributed by atoms with Crippen LogP contribution >= 0.6 is 23.1 Å². The summed E-state index contributed by atoms with van der Waals surface area (Å²) in [4.78, 5) is 31.4. The molecule has 0 aliphatic heterocycles. The van der Waals surface area contributed by atoms with Crippen LogP contribution in [0.15, 0.2) is 40.0 Å². The minimum atomic E-state index is -0.127. The van der Waals surface area contributed by atoms with Crippen molar-refractivity contribution in [2.75, 3.05) is 5.32 Å². The normalized spacial score (nSPS) is 17.3. The molecule has 6 nitrogen and oxygen atoms in total. The molecule has 0 bridgehead atoms. The zero-order valence-corrected chi connectivity index (χ0v) is 18.3. The summed E-state index contributed by atoms with van der Waals surface area (Å²) >= 11 is 3.11. The standard InChI is InChI=1S/C22H24N4O2S2/c27-19-12-16(23-22-26(19)25-21(30-22)15-10-11-15)13-29-18-9-5-4-8-17(18)24-20(28)14-6-2-1-3-7-14/h4-5,8-9,12,14-15H,1-3,6-7,10-11,13H2,(H,24,28). The highest BCUT2D eigenvalue weighted by molar-refractivity contribution is 7.98. The van der Waals surface area contributed by atoms with Gasteiger partial charge in [-0.25, -0.2) is 4.98 Å². The molecule has 0 spiro atoms. The van der Waals surface area contributed by atoms with Crippen LogP contribution in [0.4, 0.5) is 5.69 Å². The maximum absolute atomic E-state index is 12.7. The fourth-order valence-electron chi connectivity index (χ4n) is 3.89. The number of nitrogens with zero attached hydrogens (tertiary/aromatic N) is 3. The molecule has 2 aliphatic rings. The van der Waals surface area contributed by atoms with E-state index in [4.69, 9.17) is 0 Å². The van der Waals surface area contributed by atoms with E-state index in [1.54, 1.807) is 17.8 Å². The van der Waals surface area contributed by atoms with Crippen molar-refractivity contribution in [1.82, 2.24) is 14.6 Å². The van der Waals surface area contributed by atoms with Gasteiger partial charge in [0.05, 0.1) is 11.4 Å². The van der Waals surface area contributed by atoms with Crippen molar-refractivity contribution in [3.8, 4) is 0 Å². The number of amides is 1. The quantitative estimate of drug-likeness (QED) is 0.555. The molecule has 2 aromatic heterocycles. The van der Waals surface area contributed by atoms with Gasteiger partial charge in [-0.1, -0.05) is 42.7 Å². The number of carbonyl (C=O) groups excluding carboxylic acids is 1. The topological polar surface area (TPSA) is 76.4 Å². The van der Waals surface area contributed by atoms with Gasteiger partial charge in [0.15, 0.2) is 0 Å². The summed E-state index contributed by atoms with van der Waals surface area (Å²) in [6.45, 7) is 0. The molecular weight excluding hydrogens is 416 g/mol. The Morgan fingerprint density at radius 2 is 1.97 bits per heavy atom. The van der Waals surface area contributed by atoms with Gasteiger partial charge in [0.25, 0.3) is 5.56 Å². The second-order valence-corrected chi connectivity index (χ2v) is 10.1. The minimum absolute atomic E-state index is 0.118. The summed E-state index contributed by atoms with van der Waals surface area (Å²) < 4.78 is 1.42. The fourth-order valence-corrected chi connectivity index (χ4v) is 5.88. The summed E-state index contributed by atoms with van der Waals surface area (Å²) in [6, 6.07) is 9.42. The number of rotatable bonds is 6. The monoisotopic (exact) mass is 440 g/mol. The van der Waals surface area contributed by atoms with Gasteiger partial charge in [0, 0.05) is 28.6 Å². The van der Waals surface area contributed by atoms with E-state index in [-0.39, 0.29) is 17.4 Å². The van der Waals surface area contributed by atoms with Crippen molar-refractivity contribution in [3.63, 3.8) is 0 Å². The molecule has 1 N–H and O–H groups in total. The lowest BCUT2D eigenvalue weighted by Gasteiger charge is -2.21. The largest absolute Gasteiger partial charge is 0.325 e. The first-order valence-electron chi connectivity index (χ1n) is 10.6. The predicted molar refractivity (Wildman–Crippen MR) is 120 cm³/mol. The zero-order chi connectivity index (χ0) is 20.5. The molecule has 2 saturated carbocycles. The number of carbonyl (C=O) groups is 1. The van der Waals surface area contributed by atoms with E-state index < -0.39 is 0 Å². The maximum atomic E-state index is 12.7. The third-order valence-corrected chi connectivity index (χ3v) is 7.91. The summed E-state index contributed by atoms with van der Waals surface area (Å²) in [5.74, 6) is 1.32. The first-order valence-corrected chi connectivity index (χ1v) is 12.4. The van der Waals surface area contributed by atoms with E-state index in [1.165, 1.54) is 22.3 Å². The Kier molecular flexibility index (Phi) is 5.60. The molecule has 3 aromatic rings. The Morgan fingerprint density at radius 1 is 1.17 bits per heavy atom. The van der Waals surface area contributed by atoms with Crippen molar-refractivity contribution >= 4 is 39.7 Å². The molecule has 30 heavy (non-hydrogen) atoms. The number of anilines is 1. The predicted octanol–water partition coefficient (Wildman–Crippen LogP) is 4.84. The van der Waals surface area contributed by atoms with Crippen LogP contribution in [0.25, 0.3) is 4.96 Å². The number of hydrogen-bond donors (Lipinski definition) is 1. The van der Waals surface area contributed by atoms with Crippen LogP contribution in [-0.2, 0) is 10.5 Å². The average molecular weight is 441 g/mol. The van der Waals surface area contributed by atoms with Crippen molar-refractivity contribution in [3.05, 3.63) is 51.4 Å². The van der Waals surface area contributed by atoms with E-state index in [1.807, 2.05) is 24.3 Å². The van der Waals surface area contributed by atoms with Crippen LogP contribution in [0.3, 0.4) is 0 Å². The maximum Gasteiger partial charge on any atom is 0.275 e. The minimum Gasteiger partial charge on any atom is -0.325 e. The van der Waals surface area contributed by atoms with Gasteiger partial charge < -0.3 is 5.32 Å². The van der Waals surface area contributed by atoms with Crippen molar-refractivity contribution in [1.29, 1.82) is 0 Å². The molecule has 1 amide bonds. The van der Waals surface area contributed by atoms with E-state index in [9.17, 15) is 9.59 Å². The summed E-state index contributed by atoms with van der Waals surface area (Å²) in [5.41, 5.74) is 1.45. The molecule has 0 radical (unpaired) electrons. The Balaban J connectivity index is 1.30. The molecule has 1 aromatic carbocycles. The van der Waals surface area contributed by atoms with Crippen molar-refractivity contribution < 1.29 is 4.79 Å². The molecule has 0 atom stereocenters. The smallest absolute Gasteiger partial charge is 0.275 e. The van der Waals surface area contributed by atoms with Crippen LogP contribution in [-0.4, -0.2) is 20.5 Å². The SMILES string of the molecule is O=C(Nc1ccccc1SCc1cc(=O)n2nc(C3CC3)sc2n1)C1CCCCC1. The van der Waals surface area contributed by atoms with E-state index in [2.05, 4.69) is 15.4 Å². The second-order valence-electron chi connectivity index (χ2n) is 8.10. The number of thioether (sulfide) groups is 1. The van der Waals surface area contributed by atoms with Crippen LogP contribution in [0.2, 0.25) is 0 Å². The van der Waals surface area contributed by atoms with Crippen molar-refractivity contribution in [2.45, 2.75) is 61.5 Å². The number of para-hydroxylation sites is 1. The van der Waals surface area contributed by atoms with Gasteiger partial charge in [0.1, 0.15) is 5.01 Å². The number of nitrogens with one attached hydrogen (secondary N) is 1. The molecule has 0 saturated heterocycles. The Hall–Kier alpha value is -2.19. The lowest BCUT2D eigenvalue weighted by molar-refractivity contribution is -0.120. The summed E-state index contributed by atoms with van der Waals surface area (Å²) in [5, 5.41) is 8.57. The Labute approximate surface area is 183 Å². The number of fused-ring (bicyclic) bond motifs is 1. The Morgan fingerprint density at radius 3 is 2.77 bits per heavy atom. The van der Waals surface area contributed by atoms with Crippen LogP contribution < -0.4 is 10.9 Å². The molecule has 0 unspecified atom stereocenters. The number of hydrogen-bond acceptors (Lipinski definition) is 6. The van der Waals surface area contributed by atoms with Gasteiger partial charge in [-0.3, -0.25) is 9.59 Å². The highest BCUT2D eigenvalue weighted by atomic mass is 32.2. The molecule has 8 heteroatoms.